The molecule has 3 aliphatic heterocycles. The van der Waals surface area contributed by atoms with Crippen LogP contribution in [-0.2, 0) is 0 Å². The number of H-pyrrole nitrogens is 1. The zero-order valence-electron chi connectivity index (χ0n) is 13.6. The summed E-state index contributed by atoms with van der Waals surface area (Å²) in [6, 6.07) is 10.4. The van der Waals surface area contributed by atoms with Crippen molar-refractivity contribution in [2.24, 2.45) is 0 Å². The number of anilines is 1. The third-order valence-electron chi connectivity index (χ3n) is 4.60. The van der Waals surface area contributed by atoms with Gasteiger partial charge in [-0.05, 0) is 44.5 Å². The molecule has 24 heavy (non-hydrogen) atoms. The van der Waals surface area contributed by atoms with E-state index >= 15 is 0 Å². The summed E-state index contributed by atoms with van der Waals surface area (Å²) >= 11 is 0. The van der Waals surface area contributed by atoms with Crippen LogP contribution in [-0.4, -0.2) is 27.5 Å². The summed E-state index contributed by atoms with van der Waals surface area (Å²) in [5.74, 6) is 1.56. The van der Waals surface area contributed by atoms with Crippen LogP contribution in [0.4, 0.5) is 5.69 Å². The number of fused-ring (bicyclic) bond motifs is 1. The number of nitrogens with one attached hydrogen (secondary N) is 2. The molecular formula is C18H22ClN5. The molecular weight excluding hydrogens is 322 g/mol. The Bertz CT molecular complexity index is 783. The highest BCUT2D eigenvalue weighted by molar-refractivity contribution is 5.85. The van der Waals surface area contributed by atoms with Gasteiger partial charge in [-0.2, -0.15) is 0 Å². The van der Waals surface area contributed by atoms with Crippen molar-refractivity contribution >= 4 is 18.1 Å². The number of hydrogen-bond donors (Lipinski definition) is 3. The predicted octanol–water partition coefficient (Wildman–Crippen LogP) is 3.44. The second-order valence-electron chi connectivity index (χ2n) is 6.41. The molecule has 0 saturated carbocycles. The van der Waals surface area contributed by atoms with Gasteiger partial charge in [0.05, 0.1) is 17.6 Å². The topological polar surface area (TPSA) is 79.6 Å². The fourth-order valence-corrected chi connectivity index (χ4v) is 3.32. The molecule has 2 unspecified atom stereocenters. The van der Waals surface area contributed by atoms with E-state index in [1.54, 1.807) is 0 Å². The van der Waals surface area contributed by atoms with Gasteiger partial charge in [0.15, 0.2) is 0 Å². The molecule has 1 saturated heterocycles. The Hall–Kier alpha value is -2.11. The molecule has 1 aromatic carbocycles. The number of benzene rings is 1. The van der Waals surface area contributed by atoms with Gasteiger partial charge in [-0.15, -0.1) is 12.4 Å². The van der Waals surface area contributed by atoms with Crippen LogP contribution in [0.25, 0.3) is 22.6 Å². The summed E-state index contributed by atoms with van der Waals surface area (Å²) in [5, 5.41) is 3.48. The van der Waals surface area contributed by atoms with E-state index in [2.05, 4.69) is 33.3 Å². The summed E-state index contributed by atoms with van der Waals surface area (Å²) in [5.41, 5.74) is 10.5. The van der Waals surface area contributed by atoms with Gasteiger partial charge < -0.3 is 16.0 Å². The molecule has 4 rings (SSSR count). The van der Waals surface area contributed by atoms with Crippen LogP contribution < -0.4 is 11.1 Å². The number of hydrogen-bond acceptors (Lipinski definition) is 4. The molecule has 4 N–H and O–H groups in total. The third kappa shape index (κ3) is 3.23. The minimum atomic E-state index is 0. The molecule has 0 aromatic heterocycles. The Morgan fingerprint density at radius 2 is 1.96 bits per heavy atom. The van der Waals surface area contributed by atoms with Gasteiger partial charge in [-0.25, -0.2) is 9.97 Å². The molecule has 3 aliphatic rings. The van der Waals surface area contributed by atoms with Gasteiger partial charge in [-0.3, -0.25) is 0 Å². The van der Waals surface area contributed by atoms with E-state index in [0.29, 0.717) is 12.0 Å². The molecule has 6 heteroatoms. The highest BCUT2D eigenvalue weighted by Gasteiger charge is 2.23. The predicted molar refractivity (Wildman–Crippen MR) is 99.5 cm³/mol. The summed E-state index contributed by atoms with van der Waals surface area (Å²) in [6.07, 6.45) is 4.13. The van der Waals surface area contributed by atoms with Crippen molar-refractivity contribution in [1.29, 1.82) is 0 Å². The Morgan fingerprint density at radius 3 is 2.71 bits per heavy atom. The van der Waals surface area contributed by atoms with Crippen LogP contribution in [0.15, 0.2) is 36.5 Å². The maximum absolute atomic E-state index is 5.75. The zero-order chi connectivity index (χ0) is 15.8. The third-order valence-corrected chi connectivity index (χ3v) is 4.60. The Balaban J connectivity index is 0.00000169. The number of nitrogens with zero attached hydrogens (tertiary/aromatic N) is 2. The lowest BCUT2D eigenvalue weighted by Crippen LogP contribution is -2.35. The summed E-state index contributed by atoms with van der Waals surface area (Å²) in [6.45, 7) is 3.28. The molecule has 1 aromatic rings. The maximum atomic E-state index is 5.75. The average Bonchev–Trinajstić information content (AvgIpc) is 2.98. The van der Waals surface area contributed by atoms with Crippen molar-refractivity contribution in [3.63, 3.8) is 0 Å². The van der Waals surface area contributed by atoms with Gasteiger partial charge in [0.1, 0.15) is 11.5 Å². The molecule has 0 amide bonds. The second-order valence-corrected chi connectivity index (χ2v) is 6.41. The van der Waals surface area contributed by atoms with Crippen LogP contribution in [0.5, 0.6) is 0 Å². The fraction of sp³-hybridized carbons (Fsp3) is 0.333. The van der Waals surface area contributed by atoms with Gasteiger partial charge in [0.25, 0.3) is 0 Å². The van der Waals surface area contributed by atoms with Crippen LogP contribution >= 0.6 is 12.4 Å². The number of piperidine rings is 1. The lowest BCUT2D eigenvalue weighted by Gasteiger charge is -2.27. The summed E-state index contributed by atoms with van der Waals surface area (Å²) in [7, 11) is 0. The monoisotopic (exact) mass is 343 g/mol. The first kappa shape index (κ1) is 16.7. The minimum Gasteiger partial charge on any atom is -0.399 e. The van der Waals surface area contributed by atoms with Crippen molar-refractivity contribution in [3.8, 4) is 22.6 Å². The van der Waals surface area contributed by atoms with E-state index in [9.17, 15) is 0 Å². The first-order valence-electron chi connectivity index (χ1n) is 8.14. The van der Waals surface area contributed by atoms with Gasteiger partial charge in [0, 0.05) is 23.2 Å². The van der Waals surface area contributed by atoms with E-state index in [-0.39, 0.29) is 12.4 Å². The minimum absolute atomic E-state index is 0. The standard InChI is InChI=1S/C18H21N5.ClH/c1-11-8-13(6-7-20-11)18-21-10-17-16(23-18)9-15(22-17)12-2-4-14(19)5-3-12;/h2-5,9-11,13,20H,6-8,19H2,1H3,(H,21,23);1H. The Labute approximate surface area is 147 Å². The zero-order valence-corrected chi connectivity index (χ0v) is 14.4. The molecule has 126 valence electrons. The highest BCUT2D eigenvalue weighted by atomic mass is 35.5. The van der Waals surface area contributed by atoms with Crippen molar-refractivity contribution in [3.05, 3.63) is 42.4 Å². The van der Waals surface area contributed by atoms with Crippen molar-refractivity contribution in [2.45, 2.75) is 31.7 Å². The number of rotatable bonds is 2. The summed E-state index contributed by atoms with van der Waals surface area (Å²) in [4.78, 5) is 12.8. The molecule has 0 radical (unpaired) electrons. The molecule has 2 atom stereocenters. The molecule has 0 spiro atoms. The largest absolute Gasteiger partial charge is 0.399 e. The smallest absolute Gasteiger partial charge is 0.109 e. The molecule has 3 heterocycles. The first-order valence-corrected chi connectivity index (χ1v) is 8.14. The number of aromatic nitrogens is 3. The van der Waals surface area contributed by atoms with Crippen LogP contribution in [0.2, 0.25) is 0 Å². The van der Waals surface area contributed by atoms with E-state index in [1.165, 1.54) is 0 Å². The van der Waals surface area contributed by atoms with Crippen LogP contribution in [0, 0.1) is 0 Å². The molecule has 5 nitrogen and oxygen atoms in total. The Morgan fingerprint density at radius 1 is 1.17 bits per heavy atom. The molecule has 0 bridgehead atoms. The second kappa shape index (κ2) is 6.79. The molecule has 0 aliphatic carbocycles. The number of nitrogen functional groups attached to an aromatic ring is 1. The fourth-order valence-electron chi connectivity index (χ4n) is 3.32. The van der Waals surface area contributed by atoms with Gasteiger partial charge >= 0.3 is 0 Å². The van der Waals surface area contributed by atoms with Crippen molar-refractivity contribution < 1.29 is 0 Å². The first-order chi connectivity index (χ1) is 11.2. The van der Waals surface area contributed by atoms with E-state index in [0.717, 1.165) is 53.5 Å². The van der Waals surface area contributed by atoms with Crippen molar-refractivity contribution in [1.82, 2.24) is 20.3 Å². The number of halogens is 1. The normalized spacial score (nSPS) is 20.7. The summed E-state index contributed by atoms with van der Waals surface area (Å²) < 4.78 is 0. The van der Waals surface area contributed by atoms with E-state index in [4.69, 9.17) is 5.73 Å². The lowest BCUT2D eigenvalue weighted by atomic mass is 9.92. The quantitative estimate of drug-likeness (QED) is 0.623. The number of aromatic amines is 1. The van der Waals surface area contributed by atoms with Crippen molar-refractivity contribution in [2.75, 3.05) is 12.3 Å². The van der Waals surface area contributed by atoms with E-state index < -0.39 is 0 Å². The van der Waals surface area contributed by atoms with Gasteiger partial charge in [0.2, 0.25) is 0 Å². The Kier molecular flexibility index (Phi) is 4.73. The van der Waals surface area contributed by atoms with Crippen LogP contribution in [0.3, 0.4) is 0 Å². The highest BCUT2D eigenvalue weighted by Crippen LogP contribution is 2.30. The van der Waals surface area contributed by atoms with E-state index in [1.807, 2.05) is 30.5 Å². The SMILES string of the molecule is CC1CC(c2ncc3nc(-c4ccc(N)cc4)cc-3[nH]2)CCN1.Cl. The number of nitrogens with two attached hydrogens (primary N) is 1. The maximum Gasteiger partial charge on any atom is 0.109 e. The molecule has 1 fully saturated rings. The average molecular weight is 344 g/mol. The lowest BCUT2D eigenvalue weighted by molar-refractivity contribution is 0.371. The van der Waals surface area contributed by atoms with Crippen LogP contribution in [0.1, 0.15) is 31.5 Å². The van der Waals surface area contributed by atoms with Gasteiger partial charge in [-0.1, -0.05) is 12.1 Å².